The molecule has 0 saturated carbocycles. The summed E-state index contributed by atoms with van der Waals surface area (Å²) in [6, 6.07) is 16.1. The van der Waals surface area contributed by atoms with Crippen molar-refractivity contribution in [3.05, 3.63) is 88.0 Å². The predicted octanol–water partition coefficient (Wildman–Crippen LogP) is 3.55. The van der Waals surface area contributed by atoms with Gasteiger partial charge in [-0.25, -0.2) is 0 Å². The number of Topliss-reactive ketones (excluding diaryl/α,β-unsaturated/α-hetero) is 2. The van der Waals surface area contributed by atoms with Crippen LogP contribution in [0.4, 0.5) is 0 Å². The van der Waals surface area contributed by atoms with Crippen molar-refractivity contribution in [3.63, 3.8) is 0 Å². The molecule has 0 amide bonds. The molecule has 6 heteroatoms. The van der Waals surface area contributed by atoms with Crippen LogP contribution in [0.2, 0.25) is 0 Å². The lowest BCUT2D eigenvalue weighted by Gasteiger charge is -2.30. The molecule has 1 aliphatic heterocycles. The Hall–Kier alpha value is -3.30. The minimum absolute atomic E-state index is 0.0888. The lowest BCUT2D eigenvalue weighted by molar-refractivity contribution is 0.0897. The Morgan fingerprint density at radius 1 is 1.04 bits per heavy atom. The fraction of sp³-hybridized carbons (Fsp3) is 0.0952. The molecule has 2 aromatic carbocycles. The highest BCUT2D eigenvalue weighted by Gasteiger charge is 2.43. The number of thioether (sulfide) groups is 1. The molecular weight excluding hydrogens is 360 g/mol. The number of allylic oxidation sites excluding steroid dienone is 3. The minimum atomic E-state index is -0.737. The van der Waals surface area contributed by atoms with Crippen LogP contribution in [-0.2, 0) is 4.74 Å². The number of carbonyl (C=O) groups excluding carboxylic acids is 2. The number of hydrogen-bond acceptors (Lipinski definition) is 6. The first kappa shape index (κ1) is 17.1. The second-order valence-electron chi connectivity index (χ2n) is 6.14. The van der Waals surface area contributed by atoms with E-state index < -0.39 is 11.7 Å². The van der Waals surface area contributed by atoms with Gasteiger partial charge in [-0.3, -0.25) is 9.59 Å². The van der Waals surface area contributed by atoms with E-state index in [1.807, 2.05) is 36.6 Å². The standard InChI is InChI=1S/C21H14N2O3S/c1-27-12-8-6-11(7-9-12)16-15(10-22)21(23)26-20-17(16)18(24)13-4-2-3-5-14(13)19(20)25/h2-9,16H,23H2,1H3/t16-/m1/s1. The second kappa shape index (κ2) is 6.45. The van der Waals surface area contributed by atoms with Gasteiger partial charge in [-0.2, -0.15) is 5.26 Å². The Morgan fingerprint density at radius 3 is 2.26 bits per heavy atom. The third kappa shape index (κ3) is 2.56. The van der Waals surface area contributed by atoms with Gasteiger partial charge in [0.25, 0.3) is 0 Å². The first-order chi connectivity index (χ1) is 13.1. The normalized spacial score (nSPS) is 18.6. The highest BCUT2D eigenvalue weighted by molar-refractivity contribution is 7.98. The molecule has 0 spiro atoms. The third-order valence-electron chi connectivity index (χ3n) is 4.74. The maximum atomic E-state index is 13.2. The second-order valence-corrected chi connectivity index (χ2v) is 7.02. The van der Waals surface area contributed by atoms with E-state index >= 15 is 0 Å². The number of rotatable bonds is 2. The van der Waals surface area contributed by atoms with Crippen molar-refractivity contribution in [1.29, 1.82) is 5.26 Å². The smallest absolute Gasteiger partial charge is 0.229 e. The number of ketones is 2. The maximum absolute atomic E-state index is 13.2. The van der Waals surface area contributed by atoms with Crippen LogP contribution < -0.4 is 5.73 Å². The average molecular weight is 374 g/mol. The number of nitrogens with two attached hydrogens (primary N) is 1. The molecular formula is C21H14N2O3S. The fourth-order valence-corrected chi connectivity index (χ4v) is 3.84. The summed E-state index contributed by atoms with van der Waals surface area (Å²) in [5, 5.41) is 9.64. The van der Waals surface area contributed by atoms with E-state index in [2.05, 4.69) is 0 Å². The lowest BCUT2D eigenvalue weighted by Crippen LogP contribution is -2.32. The van der Waals surface area contributed by atoms with Crippen LogP contribution >= 0.6 is 11.8 Å². The molecule has 0 unspecified atom stereocenters. The Kier molecular flexibility index (Phi) is 4.09. The van der Waals surface area contributed by atoms with E-state index in [1.54, 1.807) is 36.0 Å². The largest absolute Gasteiger partial charge is 0.436 e. The maximum Gasteiger partial charge on any atom is 0.229 e. The van der Waals surface area contributed by atoms with Crippen molar-refractivity contribution < 1.29 is 14.3 Å². The summed E-state index contributed by atoms with van der Waals surface area (Å²) in [5.41, 5.74) is 7.55. The number of hydrogen-bond donors (Lipinski definition) is 1. The molecule has 2 aromatic rings. The molecule has 132 valence electrons. The highest BCUT2D eigenvalue weighted by atomic mass is 32.2. The molecule has 2 N–H and O–H groups in total. The van der Waals surface area contributed by atoms with Crippen molar-refractivity contribution in [1.82, 2.24) is 0 Å². The minimum Gasteiger partial charge on any atom is -0.436 e. The quantitative estimate of drug-likeness (QED) is 0.808. The molecule has 5 nitrogen and oxygen atoms in total. The van der Waals surface area contributed by atoms with Gasteiger partial charge in [0.05, 0.1) is 11.5 Å². The summed E-state index contributed by atoms with van der Waals surface area (Å²) in [4.78, 5) is 27.2. The van der Waals surface area contributed by atoms with Gasteiger partial charge in [0.1, 0.15) is 11.6 Å². The molecule has 2 aliphatic rings. The molecule has 1 aliphatic carbocycles. The number of benzene rings is 2. The van der Waals surface area contributed by atoms with Crippen LogP contribution in [0.1, 0.15) is 32.2 Å². The van der Waals surface area contributed by atoms with Gasteiger partial charge in [-0.05, 0) is 24.0 Å². The third-order valence-corrected chi connectivity index (χ3v) is 5.48. The monoisotopic (exact) mass is 374 g/mol. The summed E-state index contributed by atoms with van der Waals surface area (Å²) in [6.45, 7) is 0. The van der Waals surface area contributed by atoms with E-state index in [0.717, 1.165) is 4.90 Å². The van der Waals surface area contributed by atoms with Crippen LogP contribution in [0.15, 0.2) is 76.2 Å². The van der Waals surface area contributed by atoms with Gasteiger partial charge in [0.2, 0.25) is 11.7 Å². The average Bonchev–Trinajstić information content (AvgIpc) is 2.71. The van der Waals surface area contributed by atoms with Gasteiger partial charge >= 0.3 is 0 Å². The van der Waals surface area contributed by atoms with E-state index in [9.17, 15) is 14.9 Å². The van der Waals surface area contributed by atoms with E-state index in [0.29, 0.717) is 11.1 Å². The number of nitrogens with zero attached hydrogens (tertiary/aromatic N) is 1. The van der Waals surface area contributed by atoms with Crippen LogP contribution in [0.25, 0.3) is 0 Å². The molecule has 0 radical (unpaired) electrons. The van der Waals surface area contributed by atoms with Crippen LogP contribution in [0, 0.1) is 11.3 Å². The van der Waals surface area contributed by atoms with Gasteiger partial charge in [-0.1, -0.05) is 36.4 Å². The van der Waals surface area contributed by atoms with Gasteiger partial charge in [0, 0.05) is 16.0 Å². The van der Waals surface area contributed by atoms with E-state index in [4.69, 9.17) is 10.5 Å². The molecule has 0 saturated heterocycles. The highest BCUT2D eigenvalue weighted by Crippen LogP contribution is 2.44. The number of ether oxygens (including phenoxy) is 1. The molecule has 4 rings (SSSR count). The van der Waals surface area contributed by atoms with Gasteiger partial charge in [-0.15, -0.1) is 11.8 Å². The van der Waals surface area contributed by atoms with Crippen molar-refractivity contribution in [2.75, 3.05) is 6.26 Å². The molecule has 0 bridgehead atoms. The molecule has 1 heterocycles. The first-order valence-corrected chi connectivity index (χ1v) is 9.43. The summed E-state index contributed by atoms with van der Waals surface area (Å²) < 4.78 is 5.47. The van der Waals surface area contributed by atoms with E-state index in [1.165, 1.54) is 0 Å². The predicted molar refractivity (Wildman–Crippen MR) is 101 cm³/mol. The molecule has 0 aromatic heterocycles. The van der Waals surface area contributed by atoms with Crippen molar-refractivity contribution in [2.45, 2.75) is 10.8 Å². The summed E-state index contributed by atoms with van der Waals surface area (Å²) in [5.74, 6) is -1.69. The van der Waals surface area contributed by atoms with E-state index in [-0.39, 0.29) is 34.1 Å². The van der Waals surface area contributed by atoms with Crippen molar-refractivity contribution in [2.24, 2.45) is 5.73 Å². The Balaban J connectivity index is 1.94. The molecule has 0 fully saturated rings. The molecule has 27 heavy (non-hydrogen) atoms. The van der Waals surface area contributed by atoms with Crippen molar-refractivity contribution in [3.8, 4) is 6.07 Å². The Labute approximate surface area is 160 Å². The first-order valence-electron chi connectivity index (χ1n) is 8.21. The summed E-state index contributed by atoms with van der Waals surface area (Å²) in [6.07, 6.45) is 1.96. The van der Waals surface area contributed by atoms with Gasteiger partial charge in [0.15, 0.2) is 11.5 Å². The summed E-state index contributed by atoms with van der Waals surface area (Å²) >= 11 is 1.59. The Bertz CT molecular complexity index is 1090. The topological polar surface area (TPSA) is 93.2 Å². The zero-order chi connectivity index (χ0) is 19.1. The lowest BCUT2D eigenvalue weighted by atomic mass is 9.75. The SMILES string of the molecule is CSc1ccc([C@@H]2C(C#N)=C(N)OC3=C2C(=O)c2ccccc2C3=O)cc1. The van der Waals surface area contributed by atoms with Gasteiger partial charge < -0.3 is 10.5 Å². The molecule has 1 atom stereocenters. The number of fused-ring (bicyclic) bond motifs is 1. The van der Waals surface area contributed by atoms with Crippen LogP contribution in [0.5, 0.6) is 0 Å². The zero-order valence-electron chi connectivity index (χ0n) is 14.4. The summed E-state index contributed by atoms with van der Waals surface area (Å²) in [7, 11) is 0. The zero-order valence-corrected chi connectivity index (χ0v) is 15.2. The van der Waals surface area contributed by atoms with Crippen LogP contribution in [0.3, 0.4) is 0 Å². The van der Waals surface area contributed by atoms with Crippen LogP contribution in [-0.4, -0.2) is 17.8 Å². The Morgan fingerprint density at radius 2 is 1.67 bits per heavy atom. The van der Waals surface area contributed by atoms with Crippen molar-refractivity contribution >= 4 is 23.3 Å². The fourth-order valence-electron chi connectivity index (χ4n) is 3.44. The number of carbonyl (C=O) groups is 2. The number of nitriles is 1.